The molecule has 0 fully saturated rings. The summed E-state index contributed by atoms with van der Waals surface area (Å²) in [6, 6.07) is 25.6. The fourth-order valence-corrected chi connectivity index (χ4v) is 4.02. The molecule has 4 heteroatoms. The summed E-state index contributed by atoms with van der Waals surface area (Å²) in [6.07, 6.45) is 0. The standard InChI is InChI=1S/C24H26N2S2/c1-17-9-12-21(15-18(17)2)19(3)25-24(27)26-22-13-10-20(11-14-22)16-28-23-7-5-4-6-8-23/h4-15,19H,16H2,1-3H3,(H2,25,26,27)/t19-/m0/s1. The van der Waals surface area contributed by atoms with Crippen LogP contribution < -0.4 is 10.6 Å². The lowest BCUT2D eigenvalue weighted by atomic mass is 10.0. The second-order valence-electron chi connectivity index (χ2n) is 6.96. The molecule has 3 aromatic rings. The highest BCUT2D eigenvalue weighted by Crippen LogP contribution is 2.23. The Hall–Kier alpha value is -2.30. The van der Waals surface area contributed by atoms with Crippen molar-refractivity contribution in [3.63, 3.8) is 0 Å². The Morgan fingerprint density at radius 3 is 2.32 bits per heavy atom. The zero-order valence-corrected chi connectivity index (χ0v) is 18.2. The van der Waals surface area contributed by atoms with Crippen LogP contribution in [0, 0.1) is 13.8 Å². The molecule has 0 amide bonds. The average Bonchev–Trinajstić information content (AvgIpc) is 2.70. The highest BCUT2D eigenvalue weighted by molar-refractivity contribution is 7.98. The van der Waals surface area contributed by atoms with Crippen molar-refractivity contribution in [1.82, 2.24) is 5.32 Å². The van der Waals surface area contributed by atoms with Crippen LogP contribution in [0.5, 0.6) is 0 Å². The van der Waals surface area contributed by atoms with Crippen LogP contribution in [0.2, 0.25) is 0 Å². The summed E-state index contributed by atoms with van der Waals surface area (Å²) in [5, 5.41) is 7.29. The first-order valence-corrected chi connectivity index (χ1v) is 10.8. The SMILES string of the molecule is Cc1ccc([C@H](C)NC(=S)Nc2ccc(CSc3ccccc3)cc2)cc1C. The van der Waals surface area contributed by atoms with E-state index in [1.807, 2.05) is 17.8 Å². The molecule has 0 aliphatic rings. The smallest absolute Gasteiger partial charge is 0.171 e. The van der Waals surface area contributed by atoms with Crippen molar-refractivity contribution in [1.29, 1.82) is 0 Å². The molecular formula is C24H26N2S2. The molecule has 0 heterocycles. The lowest BCUT2D eigenvalue weighted by Crippen LogP contribution is -2.30. The molecule has 3 aromatic carbocycles. The quantitative estimate of drug-likeness (QED) is 0.354. The first-order chi connectivity index (χ1) is 13.5. The molecule has 28 heavy (non-hydrogen) atoms. The number of aryl methyl sites for hydroxylation is 2. The van der Waals surface area contributed by atoms with Crippen molar-refractivity contribution >= 4 is 34.8 Å². The van der Waals surface area contributed by atoms with Crippen molar-refractivity contribution in [2.24, 2.45) is 0 Å². The summed E-state index contributed by atoms with van der Waals surface area (Å²) in [6.45, 7) is 6.40. The molecule has 0 aromatic heterocycles. The van der Waals surface area contributed by atoms with Crippen LogP contribution in [-0.2, 0) is 5.75 Å². The van der Waals surface area contributed by atoms with Crippen molar-refractivity contribution in [2.75, 3.05) is 5.32 Å². The molecule has 2 nitrogen and oxygen atoms in total. The van der Waals surface area contributed by atoms with E-state index in [9.17, 15) is 0 Å². The van der Waals surface area contributed by atoms with Gasteiger partial charge in [0.2, 0.25) is 0 Å². The van der Waals surface area contributed by atoms with Crippen molar-refractivity contribution < 1.29 is 0 Å². The minimum Gasteiger partial charge on any atom is -0.356 e. The summed E-state index contributed by atoms with van der Waals surface area (Å²) in [5.41, 5.74) is 6.14. The number of thiocarbonyl (C=S) groups is 1. The number of anilines is 1. The fourth-order valence-electron chi connectivity index (χ4n) is 2.85. The zero-order chi connectivity index (χ0) is 19.9. The lowest BCUT2D eigenvalue weighted by Gasteiger charge is -2.18. The Kier molecular flexibility index (Phi) is 7.12. The molecule has 0 saturated carbocycles. The highest BCUT2D eigenvalue weighted by atomic mass is 32.2. The second-order valence-corrected chi connectivity index (χ2v) is 8.42. The van der Waals surface area contributed by atoms with E-state index in [0.717, 1.165) is 11.4 Å². The number of benzene rings is 3. The molecule has 2 N–H and O–H groups in total. The summed E-state index contributed by atoms with van der Waals surface area (Å²) in [7, 11) is 0. The van der Waals surface area contributed by atoms with Gasteiger partial charge in [0.25, 0.3) is 0 Å². The third-order valence-corrected chi connectivity index (χ3v) is 6.04. The van der Waals surface area contributed by atoms with Gasteiger partial charge in [-0.2, -0.15) is 0 Å². The highest BCUT2D eigenvalue weighted by Gasteiger charge is 2.08. The van der Waals surface area contributed by atoms with Gasteiger partial charge in [0, 0.05) is 16.3 Å². The van der Waals surface area contributed by atoms with E-state index in [0.29, 0.717) is 5.11 Å². The molecule has 0 aliphatic carbocycles. The zero-order valence-electron chi connectivity index (χ0n) is 16.5. The van der Waals surface area contributed by atoms with Crippen LogP contribution >= 0.6 is 24.0 Å². The van der Waals surface area contributed by atoms with E-state index in [4.69, 9.17) is 12.2 Å². The Morgan fingerprint density at radius 2 is 1.64 bits per heavy atom. The molecule has 0 radical (unpaired) electrons. The molecular weight excluding hydrogens is 380 g/mol. The van der Waals surface area contributed by atoms with Gasteiger partial charge in [-0.05, 0) is 79.5 Å². The van der Waals surface area contributed by atoms with Crippen LogP contribution in [0.25, 0.3) is 0 Å². The molecule has 0 saturated heterocycles. The first kappa shape index (κ1) is 20.4. The molecule has 144 valence electrons. The number of nitrogens with one attached hydrogen (secondary N) is 2. The van der Waals surface area contributed by atoms with Crippen LogP contribution in [0.3, 0.4) is 0 Å². The van der Waals surface area contributed by atoms with Gasteiger partial charge >= 0.3 is 0 Å². The predicted octanol–water partition coefficient (Wildman–Crippen LogP) is 6.64. The van der Waals surface area contributed by atoms with E-state index in [-0.39, 0.29) is 6.04 Å². The number of hydrogen-bond acceptors (Lipinski definition) is 2. The van der Waals surface area contributed by atoms with E-state index < -0.39 is 0 Å². The Bertz CT molecular complexity index is 921. The van der Waals surface area contributed by atoms with Crippen LogP contribution in [0.15, 0.2) is 77.7 Å². The van der Waals surface area contributed by atoms with Gasteiger partial charge in [-0.15, -0.1) is 11.8 Å². The molecule has 1 atom stereocenters. The van der Waals surface area contributed by atoms with E-state index in [1.165, 1.54) is 27.1 Å². The number of thioether (sulfide) groups is 1. The Morgan fingerprint density at radius 1 is 0.929 bits per heavy atom. The monoisotopic (exact) mass is 406 g/mol. The number of rotatable bonds is 6. The van der Waals surface area contributed by atoms with Gasteiger partial charge in [0.1, 0.15) is 0 Å². The largest absolute Gasteiger partial charge is 0.356 e. The van der Waals surface area contributed by atoms with Gasteiger partial charge in [-0.3, -0.25) is 0 Å². The van der Waals surface area contributed by atoms with Gasteiger partial charge in [0.15, 0.2) is 5.11 Å². The normalized spacial score (nSPS) is 11.7. The maximum Gasteiger partial charge on any atom is 0.171 e. The van der Waals surface area contributed by atoms with Crippen molar-refractivity contribution in [3.8, 4) is 0 Å². The van der Waals surface area contributed by atoms with Crippen LogP contribution in [-0.4, -0.2) is 5.11 Å². The maximum atomic E-state index is 5.49. The number of hydrogen-bond donors (Lipinski definition) is 2. The van der Waals surface area contributed by atoms with Gasteiger partial charge in [0.05, 0.1) is 6.04 Å². The molecule has 0 aliphatic heterocycles. The van der Waals surface area contributed by atoms with Crippen LogP contribution in [0.1, 0.15) is 35.2 Å². The third-order valence-electron chi connectivity index (χ3n) is 4.74. The molecule has 0 unspecified atom stereocenters. The second kappa shape index (κ2) is 9.76. The van der Waals surface area contributed by atoms with E-state index in [2.05, 4.69) is 98.1 Å². The Balaban J connectivity index is 1.51. The first-order valence-electron chi connectivity index (χ1n) is 9.43. The predicted molar refractivity (Wildman–Crippen MR) is 126 cm³/mol. The Labute approximate surface area is 177 Å². The minimum absolute atomic E-state index is 0.154. The van der Waals surface area contributed by atoms with E-state index in [1.54, 1.807) is 0 Å². The summed E-state index contributed by atoms with van der Waals surface area (Å²) in [4.78, 5) is 1.29. The average molecular weight is 407 g/mol. The van der Waals surface area contributed by atoms with Gasteiger partial charge in [-0.25, -0.2) is 0 Å². The van der Waals surface area contributed by atoms with Crippen molar-refractivity contribution in [2.45, 2.75) is 37.5 Å². The maximum absolute atomic E-state index is 5.49. The van der Waals surface area contributed by atoms with Gasteiger partial charge < -0.3 is 10.6 Å². The third kappa shape index (κ3) is 5.85. The van der Waals surface area contributed by atoms with Crippen LogP contribution in [0.4, 0.5) is 5.69 Å². The molecule has 0 spiro atoms. The topological polar surface area (TPSA) is 24.1 Å². The summed E-state index contributed by atoms with van der Waals surface area (Å²) >= 11 is 7.34. The molecule has 3 rings (SSSR count). The van der Waals surface area contributed by atoms with Crippen molar-refractivity contribution in [3.05, 3.63) is 95.1 Å². The molecule has 0 bridgehead atoms. The minimum atomic E-state index is 0.154. The fraction of sp³-hybridized carbons (Fsp3) is 0.208. The summed E-state index contributed by atoms with van der Waals surface area (Å²) in [5.74, 6) is 0.955. The lowest BCUT2D eigenvalue weighted by molar-refractivity contribution is 0.721. The van der Waals surface area contributed by atoms with E-state index >= 15 is 0 Å². The van der Waals surface area contributed by atoms with Gasteiger partial charge in [-0.1, -0.05) is 48.5 Å². The summed E-state index contributed by atoms with van der Waals surface area (Å²) < 4.78 is 0.